The van der Waals surface area contributed by atoms with Crippen LogP contribution in [0.5, 0.6) is 0 Å². The quantitative estimate of drug-likeness (QED) is 0.903. The molecule has 1 aliphatic rings. The summed E-state index contributed by atoms with van der Waals surface area (Å²) in [4.78, 5) is 11.8. The maximum atomic E-state index is 11.8. The average Bonchev–Trinajstić information content (AvgIpc) is 2.44. The molecule has 0 bridgehead atoms. The number of rotatable bonds is 4. The van der Waals surface area contributed by atoms with Gasteiger partial charge in [-0.3, -0.25) is 4.79 Å². The van der Waals surface area contributed by atoms with E-state index in [1.165, 1.54) is 16.7 Å². The Hall–Kier alpha value is -2.13. The molecule has 0 atom stereocenters. The second kappa shape index (κ2) is 6.10. The minimum atomic E-state index is 0.143. The van der Waals surface area contributed by atoms with Crippen LogP contribution < -0.4 is 10.6 Å². The van der Waals surface area contributed by atoms with Gasteiger partial charge in [0.1, 0.15) is 0 Å². The lowest BCUT2D eigenvalue weighted by Crippen LogP contribution is -2.50. The Morgan fingerprint density at radius 2 is 1.86 bits per heavy atom. The minimum absolute atomic E-state index is 0.143. The Kier molecular flexibility index (Phi) is 4.02. The molecular formula is C18H20N2O. The molecule has 3 rings (SSSR count). The van der Waals surface area contributed by atoms with Crippen molar-refractivity contribution in [3.63, 3.8) is 0 Å². The fourth-order valence-corrected chi connectivity index (χ4v) is 2.49. The zero-order valence-electron chi connectivity index (χ0n) is 12.2. The van der Waals surface area contributed by atoms with E-state index in [1.807, 2.05) is 6.07 Å². The molecule has 0 radical (unpaired) electrons. The summed E-state index contributed by atoms with van der Waals surface area (Å²) in [7, 11) is 0. The molecule has 0 aliphatic carbocycles. The summed E-state index contributed by atoms with van der Waals surface area (Å²) < 4.78 is 0. The maximum Gasteiger partial charge on any atom is 0.225 e. The summed E-state index contributed by atoms with van der Waals surface area (Å²) in [5, 5.41) is 6.13. The lowest BCUT2D eigenvalue weighted by Gasteiger charge is -2.25. The Morgan fingerprint density at radius 1 is 1.14 bits per heavy atom. The van der Waals surface area contributed by atoms with Crippen molar-refractivity contribution >= 4 is 5.91 Å². The lowest BCUT2D eigenvalue weighted by molar-refractivity contribution is -0.126. The van der Waals surface area contributed by atoms with Gasteiger partial charge >= 0.3 is 0 Å². The number of hydrogen-bond acceptors (Lipinski definition) is 2. The first kappa shape index (κ1) is 13.8. The molecule has 1 amide bonds. The molecule has 1 saturated heterocycles. The van der Waals surface area contributed by atoms with E-state index >= 15 is 0 Å². The highest BCUT2D eigenvalue weighted by atomic mass is 16.2. The van der Waals surface area contributed by atoms with Crippen molar-refractivity contribution in [3.8, 4) is 11.1 Å². The minimum Gasteiger partial charge on any atom is -0.352 e. The fraction of sp³-hybridized carbons (Fsp3) is 0.278. The van der Waals surface area contributed by atoms with Crippen LogP contribution in [0.3, 0.4) is 0 Å². The highest BCUT2D eigenvalue weighted by molar-refractivity contribution is 5.80. The van der Waals surface area contributed by atoms with Crippen LogP contribution in [0.1, 0.15) is 11.1 Å². The Morgan fingerprint density at radius 3 is 2.52 bits per heavy atom. The van der Waals surface area contributed by atoms with Gasteiger partial charge < -0.3 is 10.6 Å². The van der Waals surface area contributed by atoms with Crippen molar-refractivity contribution in [1.82, 2.24) is 10.6 Å². The molecule has 1 fully saturated rings. The van der Waals surface area contributed by atoms with Gasteiger partial charge in [-0.25, -0.2) is 0 Å². The number of carbonyl (C=O) groups is 1. The normalized spacial score (nSPS) is 14.5. The molecule has 108 valence electrons. The first-order valence-electron chi connectivity index (χ1n) is 7.37. The zero-order valence-corrected chi connectivity index (χ0v) is 12.2. The van der Waals surface area contributed by atoms with Crippen LogP contribution in [0.4, 0.5) is 0 Å². The summed E-state index contributed by atoms with van der Waals surface area (Å²) >= 11 is 0. The molecule has 2 aromatic carbocycles. The molecule has 0 saturated carbocycles. The molecule has 2 aromatic rings. The third-order valence-corrected chi connectivity index (χ3v) is 3.90. The number of nitrogens with one attached hydrogen (secondary N) is 2. The van der Waals surface area contributed by atoms with E-state index in [9.17, 15) is 4.79 Å². The second-order valence-electron chi connectivity index (χ2n) is 5.64. The van der Waals surface area contributed by atoms with Crippen molar-refractivity contribution in [2.45, 2.75) is 13.5 Å². The van der Waals surface area contributed by atoms with Crippen molar-refractivity contribution in [3.05, 3.63) is 59.7 Å². The van der Waals surface area contributed by atoms with E-state index in [-0.39, 0.29) is 11.8 Å². The van der Waals surface area contributed by atoms with Crippen LogP contribution >= 0.6 is 0 Å². The van der Waals surface area contributed by atoms with Crippen LogP contribution in [0.2, 0.25) is 0 Å². The molecule has 3 nitrogen and oxygen atoms in total. The van der Waals surface area contributed by atoms with E-state index in [0.29, 0.717) is 6.54 Å². The summed E-state index contributed by atoms with van der Waals surface area (Å²) in [6.45, 7) is 4.29. The van der Waals surface area contributed by atoms with Gasteiger partial charge in [-0.2, -0.15) is 0 Å². The van der Waals surface area contributed by atoms with E-state index < -0.39 is 0 Å². The van der Waals surface area contributed by atoms with Crippen LogP contribution in [0, 0.1) is 12.8 Å². The Bertz CT molecular complexity index is 647. The summed E-state index contributed by atoms with van der Waals surface area (Å²) in [5.41, 5.74) is 4.79. The summed E-state index contributed by atoms with van der Waals surface area (Å²) in [6.07, 6.45) is 0. The highest BCUT2D eigenvalue weighted by Crippen LogP contribution is 2.21. The van der Waals surface area contributed by atoms with Gasteiger partial charge in [0.25, 0.3) is 0 Å². The third-order valence-electron chi connectivity index (χ3n) is 3.90. The number of hydrogen-bond donors (Lipinski definition) is 2. The van der Waals surface area contributed by atoms with E-state index in [4.69, 9.17) is 0 Å². The molecule has 3 heteroatoms. The van der Waals surface area contributed by atoms with Gasteiger partial charge in [-0.1, -0.05) is 48.0 Å². The van der Waals surface area contributed by atoms with Crippen molar-refractivity contribution < 1.29 is 4.79 Å². The van der Waals surface area contributed by atoms with Crippen molar-refractivity contribution in [2.75, 3.05) is 13.1 Å². The molecular weight excluding hydrogens is 260 g/mol. The van der Waals surface area contributed by atoms with Crippen LogP contribution in [0.25, 0.3) is 11.1 Å². The molecule has 1 heterocycles. The number of aryl methyl sites for hydroxylation is 1. The monoisotopic (exact) mass is 280 g/mol. The van der Waals surface area contributed by atoms with E-state index in [0.717, 1.165) is 18.7 Å². The smallest absolute Gasteiger partial charge is 0.225 e. The Labute approximate surface area is 125 Å². The number of benzene rings is 2. The largest absolute Gasteiger partial charge is 0.352 e. The van der Waals surface area contributed by atoms with Crippen molar-refractivity contribution in [1.29, 1.82) is 0 Å². The van der Waals surface area contributed by atoms with Gasteiger partial charge in [0.05, 0.1) is 5.92 Å². The first-order valence-corrected chi connectivity index (χ1v) is 7.37. The van der Waals surface area contributed by atoms with Gasteiger partial charge in [0.15, 0.2) is 0 Å². The van der Waals surface area contributed by atoms with E-state index in [1.54, 1.807) is 0 Å². The van der Waals surface area contributed by atoms with Crippen molar-refractivity contribution in [2.24, 2.45) is 5.92 Å². The molecule has 0 unspecified atom stereocenters. The van der Waals surface area contributed by atoms with Crippen LogP contribution in [-0.2, 0) is 11.3 Å². The van der Waals surface area contributed by atoms with Gasteiger partial charge in [0, 0.05) is 19.6 Å². The highest BCUT2D eigenvalue weighted by Gasteiger charge is 2.24. The Balaban J connectivity index is 1.69. The molecule has 2 N–H and O–H groups in total. The summed E-state index contributed by atoms with van der Waals surface area (Å²) in [5.74, 6) is 0.291. The maximum absolute atomic E-state index is 11.8. The molecule has 0 spiro atoms. The van der Waals surface area contributed by atoms with Crippen LogP contribution in [-0.4, -0.2) is 19.0 Å². The second-order valence-corrected chi connectivity index (χ2v) is 5.64. The number of carbonyl (C=O) groups excluding carboxylic acids is 1. The molecule has 21 heavy (non-hydrogen) atoms. The van der Waals surface area contributed by atoms with Crippen LogP contribution in [0.15, 0.2) is 48.5 Å². The van der Waals surface area contributed by atoms with Gasteiger partial charge in [-0.05, 0) is 29.7 Å². The number of amides is 1. The van der Waals surface area contributed by atoms with E-state index in [2.05, 4.69) is 60.0 Å². The topological polar surface area (TPSA) is 41.1 Å². The predicted octanol–water partition coefficient (Wildman–Crippen LogP) is 2.50. The fourth-order valence-electron chi connectivity index (χ4n) is 2.49. The molecule has 0 aromatic heterocycles. The summed E-state index contributed by atoms with van der Waals surface area (Å²) in [6, 6.07) is 16.8. The molecule has 1 aliphatic heterocycles. The SMILES string of the molecule is Cc1cccc(-c2cccc(CNC(=O)C3CNC3)c2)c1. The zero-order chi connectivity index (χ0) is 14.7. The predicted molar refractivity (Wildman–Crippen MR) is 84.8 cm³/mol. The standard InChI is InChI=1S/C18H20N2O/c1-13-4-2-6-15(8-13)16-7-3-5-14(9-16)10-20-18(21)17-11-19-12-17/h2-9,17,19H,10-12H2,1H3,(H,20,21). The third kappa shape index (κ3) is 3.31. The lowest BCUT2D eigenvalue weighted by atomic mass is 10.0. The van der Waals surface area contributed by atoms with Gasteiger partial charge in [0.2, 0.25) is 5.91 Å². The van der Waals surface area contributed by atoms with Gasteiger partial charge in [-0.15, -0.1) is 0 Å². The first-order chi connectivity index (χ1) is 10.2. The average molecular weight is 280 g/mol.